The van der Waals surface area contributed by atoms with Gasteiger partial charge in [0.25, 0.3) is 5.91 Å². The number of aryl methyl sites for hydroxylation is 1. The number of hydrogen-bond donors (Lipinski definition) is 2. The molecule has 2 aromatic heterocycles. The number of benzene rings is 3. The van der Waals surface area contributed by atoms with Crippen molar-refractivity contribution in [3.8, 4) is 5.69 Å². The van der Waals surface area contributed by atoms with Gasteiger partial charge in [0.1, 0.15) is 18.5 Å². The maximum atomic E-state index is 14.1. The lowest BCUT2D eigenvalue weighted by atomic mass is 9.90. The number of nitrogens with one attached hydrogen (secondary N) is 2. The van der Waals surface area contributed by atoms with Crippen LogP contribution in [0, 0.1) is 12.7 Å². The highest BCUT2D eigenvalue weighted by molar-refractivity contribution is 6.34. The van der Waals surface area contributed by atoms with Crippen molar-refractivity contribution in [1.82, 2.24) is 25.1 Å². The molecular weight excluding hydrogens is 453 g/mol. The largest absolute Gasteiger partial charge is 0.361 e. The summed E-state index contributed by atoms with van der Waals surface area (Å²) in [6.07, 6.45) is 5.03. The second-order valence-corrected chi connectivity index (χ2v) is 8.55. The number of hydrogen-bond acceptors (Lipinski definition) is 3. The van der Waals surface area contributed by atoms with Crippen LogP contribution in [0.15, 0.2) is 79.5 Å². The average Bonchev–Trinajstić information content (AvgIpc) is 3.49. The van der Waals surface area contributed by atoms with E-state index < -0.39 is 0 Å². The van der Waals surface area contributed by atoms with Crippen LogP contribution in [0.4, 0.5) is 4.39 Å². The van der Waals surface area contributed by atoms with E-state index in [0.717, 1.165) is 33.3 Å². The van der Waals surface area contributed by atoms with Crippen LogP contribution in [-0.2, 0) is 0 Å². The van der Waals surface area contributed by atoms with Gasteiger partial charge in [0, 0.05) is 35.2 Å². The fourth-order valence-corrected chi connectivity index (χ4v) is 4.41. The normalized spacial score (nSPS) is 12.1. The fourth-order valence-electron chi connectivity index (χ4n) is 4.15. The van der Waals surface area contributed by atoms with Gasteiger partial charge < -0.3 is 10.3 Å². The molecule has 0 radical (unpaired) electrons. The molecule has 0 fully saturated rings. The van der Waals surface area contributed by atoms with Gasteiger partial charge in [-0.2, -0.15) is 0 Å². The van der Waals surface area contributed by atoms with Crippen LogP contribution in [-0.4, -0.2) is 32.2 Å². The van der Waals surface area contributed by atoms with E-state index in [1.54, 1.807) is 41.5 Å². The SMILES string of the molecule is Cc1ccc2c(C(CNC(=O)c3ccc(-n4cnnc4)cc3Cl)c3cccc(F)c3)c[nH]c2c1. The van der Waals surface area contributed by atoms with Gasteiger partial charge in [-0.05, 0) is 60.0 Å². The summed E-state index contributed by atoms with van der Waals surface area (Å²) < 4.78 is 15.8. The van der Waals surface area contributed by atoms with Crippen LogP contribution in [0.25, 0.3) is 16.6 Å². The maximum Gasteiger partial charge on any atom is 0.252 e. The third-order valence-electron chi connectivity index (χ3n) is 5.88. The highest BCUT2D eigenvalue weighted by Gasteiger charge is 2.21. The van der Waals surface area contributed by atoms with Crippen molar-refractivity contribution >= 4 is 28.4 Å². The number of rotatable bonds is 6. The number of fused-ring (bicyclic) bond motifs is 1. The molecule has 2 heterocycles. The number of carbonyl (C=O) groups excluding carboxylic acids is 1. The molecule has 1 atom stereocenters. The fraction of sp³-hybridized carbons (Fsp3) is 0.115. The predicted octanol–water partition coefficient (Wildman–Crippen LogP) is 5.41. The van der Waals surface area contributed by atoms with E-state index >= 15 is 0 Å². The molecule has 1 unspecified atom stereocenters. The summed E-state index contributed by atoms with van der Waals surface area (Å²) in [5, 5.41) is 11.9. The second-order valence-electron chi connectivity index (χ2n) is 8.14. The Kier molecular flexibility index (Phi) is 5.86. The third-order valence-corrected chi connectivity index (χ3v) is 6.19. The van der Waals surface area contributed by atoms with E-state index in [1.807, 2.05) is 31.3 Å². The van der Waals surface area contributed by atoms with Crippen molar-refractivity contribution in [3.63, 3.8) is 0 Å². The molecule has 6 nitrogen and oxygen atoms in total. The minimum atomic E-state index is -0.322. The molecule has 0 spiro atoms. The van der Waals surface area contributed by atoms with Crippen LogP contribution in [0.5, 0.6) is 0 Å². The van der Waals surface area contributed by atoms with E-state index in [0.29, 0.717) is 10.6 Å². The van der Waals surface area contributed by atoms with Gasteiger partial charge in [0.15, 0.2) is 0 Å². The number of carbonyl (C=O) groups is 1. The number of aromatic amines is 1. The van der Waals surface area contributed by atoms with Crippen LogP contribution in [0.2, 0.25) is 5.02 Å². The highest BCUT2D eigenvalue weighted by Crippen LogP contribution is 2.31. The number of H-pyrrole nitrogens is 1. The first-order chi connectivity index (χ1) is 16.5. The van der Waals surface area contributed by atoms with Gasteiger partial charge in [-0.15, -0.1) is 10.2 Å². The average molecular weight is 474 g/mol. The first kappa shape index (κ1) is 21.9. The highest BCUT2D eigenvalue weighted by atomic mass is 35.5. The number of aromatic nitrogens is 4. The summed E-state index contributed by atoms with van der Waals surface area (Å²) >= 11 is 6.42. The van der Waals surface area contributed by atoms with Gasteiger partial charge in [-0.1, -0.05) is 35.9 Å². The van der Waals surface area contributed by atoms with E-state index in [4.69, 9.17) is 11.6 Å². The molecule has 170 valence electrons. The van der Waals surface area contributed by atoms with Crippen molar-refractivity contribution in [1.29, 1.82) is 0 Å². The molecular formula is C26H21ClFN5O. The Morgan fingerprint density at radius 2 is 1.94 bits per heavy atom. The van der Waals surface area contributed by atoms with E-state index in [2.05, 4.69) is 26.6 Å². The van der Waals surface area contributed by atoms with E-state index in [-0.39, 0.29) is 24.2 Å². The summed E-state index contributed by atoms with van der Waals surface area (Å²) in [6.45, 7) is 2.30. The van der Waals surface area contributed by atoms with Gasteiger partial charge in [0.2, 0.25) is 0 Å². The zero-order valence-electron chi connectivity index (χ0n) is 18.3. The summed E-state index contributed by atoms with van der Waals surface area (Å²) in [5.74, 6) is -0.888. The number of amides is 1. The van der Waals surface area contributed by atoms with Crippen molar-refractivity contribution in [3.05, 3.63) is 113 Å². The van der Waals surface area contributed by atoms with E-state index in [9.17, 15) is 9.18 Å². The van der Waals surface area contributed by atoms with Crippen LogP contribution >= 0.6 is 11.6 Å². The van der Waals surface area contributed by atoms with Gasteiger partial charge in [-0.3, -0.25) is 9.36 Å². The summed E-state index contributed by atoms with van der Waals surface area (Å²) in [6, 6.07) is 17.7. The van der Waals surface area contributed by atoms with Crippen molar-refractivity contribution < 1.29 is 9.18 Å². The molecule has 0 saturated carbocycles. The van der Waals surface area contributed by atoms with E-state index in [1.165, 1.54) is 12.1 Å². The Hall–Kier alpha value is -3.97. The van der Waals surface area contributed by atoms with Crippen molar-refractivity contribution in [2.75, 3.05) is 6.54 Å². The quantitative estimate of drug-likeness (QED) is 0.346. The van der Waals surface area contributed by atoms with Crippen molar-refractivity contribution in [2.24, 2.45) is 0 Å². The Labute approximate surface area is 200 Å². The predicted molar refractivity (Wildman–Crippen MR) is 130 cm³/mol. The molecule has 0 saturated heterocycles. The van der Waals surface area contributed by atoms with Gasteiger partial charge in [0.05, 0.1) is 10.6 Å². The molecule has 5 rings (SSSR count). The molecule has 8 heteroatoms. The van der Waals surface area contributed by atoms with Crippen LogP contribution in [0.1, 0.15) is 33.0 Å². The Morgan fingerprint density at radius 3 is 2.71 bits per heavy atom. The van der Waals surface area contributed by atoms with Crippen LogP contribution < -0.4 is 5.32 Å². The molecule has 0 aliphatic carbocycles. The lowest BCUT2D eigenvalue weighted by molar-refractivity contribution is 0.0952. The maximum absolute atomic E-state index is 14.1. The molecule has 34 heavy (non-hydrogen) atoms. The lowest BCUT2D eigenvalue weighted by Gasteiger charge is -2.19. The molecule has 1 amide bonds. The standard InChI is InChI=1S/C26H21ClFN5O/c1-16-5-7-20-23(13-29-25(20)9-16)22(17-3-2-4-18(28)10-17)12-30-26(34)21-8-6-19(11-24(21)27)33-14-31-32-15-33/h2-11,13-15,22,29H,12H2,1H3,(H,30,34). The lowest BCUT2D eigenvalue weighted by Crippen LogP contribution is -2.29. The molecule has 0 aliphatic heterocycles. The molecule has 0 aliphatic rings. The summed E-state index contributed by atoms with van der Waals surface area (Å²) in [4.78, 5) is 16.3. The zero-order chi connectivity index (χ0) is 23.7. The second kappa shape index (κ2) is 9.11. The minimum Gasteiger partial charge on any atom is -0.361 e. The van der Waals surface area contributed by atoms with Gasteiger partial charge >= 0.3 is 0 Å². The first-order valence-corrected chi connectivity index (χ1v) is 11.1. The van der Waals surface area contributed by atoms with Gasteiger partial charge in [-0.25, -0.2) is 4.39 Å². The first-order valence-electron chi connectivity index (χ1n) is 10.8. The summed E-state index contributed by atoms with van der Waals surface area (Å²) in [7, 11) is 0. The smallest absolute Gasteiger partial charge is 0.252 e. The Morgan fingerprint density at radius 1 is 1.12 bits per heavy atom. The minimum absolute atomic E-state index is 0.258. The Balaban J connectivity index is 1.43. The number of nitrogens with zero attached hydrogens (tertiary/aromatic N) is 3. The monoisotopic (exact) mass is 473 g/mol. The van der Waals surface area contributed by atoms with Crippen LogP contribution in [0.3, 0.4) is 0 Å². The molecule has 0 bridgehead atoms. The molecule has 2 N–H and O–H groups in total. The molecule has 5 aromatic rings. The van der Waals surface area contributed by atoms with Crippen molar-refractivity contribution in [2.45, 2.75) is 12.8 Å². The Bertz CT molecular complexity index is 1480. The zero-order valence-corrected chi connectivity index (χ0v) is 19.1. The number of halogens is 2. The molecule has 3 aromatic carbocycles. The third kappa shape index (κ3) is 4.30. The topological polar surface area (TPSA) is 75.6 Å². The summed E-state index contributed by atoms with van der Waals surface area (Å²) in [5.41, 5.74) is 4.99.